The van der Waals surface area contributed by atoms with Crippen LogP contribution in [0.15, 0.2) is 0 Å². The lowest BCUT2D eigenvalue weighted by molar-refractivity contribution is 0.164. The summed E-state index contributed by atoms with van der Waals surface area (Å²) in [6.45, 7) is 2.19. The van der Waals surface area contributed by atoms with Gasteiger partial charge in [0.25, 0.3) is 4.82 Å². The van der Waals surface area contributed by atoms with Gasteiger partial charge in [0.1, 0.15) is 0 Å². The standard InChI is InChI=1S/C8H15BrN2O/c1-10-5-3-7(4-6-10)11(2)8(9)12/h7H,3-6H2,1-2H3. The fourth-order valence-corrected chi connectivity index (χ4v) is 1.82. The van der Waals surface area contributed by atoms with Crippen LogP contribution in [0.2, 0.25) is 0 Å². The van der Waals surface area contributed by atoms with Crippen molar-refractivity contribution in [2.24, 2.45) is 0 Å². The van der Waals surface area contributed by atoms with Crippen LogP contribution in [-0.4, -0.2) is 47.8 Å². The van der Waals surface area contributed by atoms with E-state index in [4.69, 9.17) is 0 Å². The molecule has 0 aliphatic carbocycles. The van der Waals surface area contributed by atoms with Gasteiger partial charge in [-0.1, -0.05) is 0 Å². The number of likely N-dealkylation sites (tertiary alicyclic amines) is 1. The molecule has 1 saturated heterocycles. The molecule has 0 saturated carbocycles. The molecule has 1 rings (SSSR count). The summed E-state index contributed by atoms with van der Waals surface area (Å²) in [6, 6.07) is 0.424. The lowest BCUT2D eigenvalue weighted by Crippen LogP contribution is -2.42. The third kappa shape index (κ3) is 2.45. The number of hydrogen-bond donors (Lipinski definition) is 0. The number of rotatable bonds is 1. The lowest BCUT2D eigenvalue weighted by atomic mass is 10.1. The molecule has 1 amide bonds. The maximum absolute atomic E-state index is 11.0. The number of amides is 1. The van der Waals surface area contributed by atoms with E-state index in [1.807, 2.05) is 7.05 Å². The molecule has 0 N–H and O–H groups in total. The number of hydrogen-bond acceptors (Lipinski definition) is 2. The molecule has 4 heteroatoms. The van der Waals surface area contributed by atoms with E-state index in [1.165, 1.54) is 0 Å². The summed E-state index contributed by atoms with van der Waals surface area (Å²) in [7, 11) is 3.97. The van der Waals surface area contributed by atoms with Crippen molar-refractivity contribution in [3.63, 3.8) is 0 Å². The second-order valence-electron chi connectivity index (χ2n) is 3.40. The molecule has 0 aromatic heterocycles. The maximum atomic E-state index is 11.0. The van der Waals surface area contributed by atoms with E-state index in [2.05, 4.69) is 27.9 Å². The largest absolute Gasteiger partial charge is 0.333 e. The van der Waals surface area contributed by atoms with Gasteiger partial charge >= 0.3 is 0 Å². The minimum atomic E-state index is -0.00273. The molecule has 1 aliphatic heterocycles. The number of carbonyl (C=O) groups is 1. The van der Waals surface area contributed by atoms with E-state index < -0.39 is 0 Å². The number of piperidine rings is 1. The molecule has 12 heavy (non-hydrogen) atoms. The highest BCUT2D eigenvalue weighted by atomic mass is 79.9. The highest BCUT2D eigenvalue weighted by Gasteiger charge is 2.22. The Morgan fingerprint density at radius 2 is 2.00 bits per heavy atom. The third-order valence-electron chi connectivity index (χ3n) is 2.51. The molecular formula is C8H15BrN2O. The van der Waals surface area contributed by atoms with Crippen LogP contribution in [0.4, 0.5) is 4.79 Å². The maximum Gasteiger partial charge on any atom is 0.289 e. The molecule has 0 aromatic carbocycles. The number of halogens is 1. The van der Waals surface area contributed by atoms with Crippen molar-refractivity contribution in [3.8, 4) is 0 Å². The van der Waals surface area contributed by atoms with Gasteiger partial charge in [0.15, 0.2) is 0 Å². The Morgan fingerprint density at radius 1 is 1.50 bits per heavy atom. The summed E-state index contributed by atoms with van der Waals surface area (Å²) in [6.07, 6.45) is 2.18. The van der Waals surface area contributed by atoms with Crippen molar-refractivity contribution >= 4 is 20.7 Å². The van der Waals surface area contributed by atoms with Gasteiger partial charge < -0.3 is 9.80 Å². The molecule has 0 spiro atoms. The van der Waals surface area contributed by atoms with Crippen LogP contribution >= 0.6 is 15.9 Å². The first kappa shape index (κ1) is 9.99. The molecule has 1 heterocycles. The Morgan fingerprint density at radius 3 is 2.42 bits per heavy atom. The molecule has 3 nitrogen and oxygen atoms in total. The average Bonchev–Trinajstić information content (AvgIpc) is 2.04. The highest BCUT2D eigenvalue weighted by Crippen LogP contribution is 2.15. The molecule has 0 bridgehead atoms. The van der Waals surface area contributed by atoms with E-state index >= 15 is 0 Å². The van der Waals surface area contributed by atoms with Crippen molar-refractivity contribution in [2.75, 3.05) is 27.2 Å². The Hall–Kier alpha value is -0.0900. The fraction of sp³-hybridized carbons (Fsp3) is 0.875. The van der Waals surface area contributed by atoms with Gasteiger partial charge in [-0.3, -0.25) is 4.79 Å². The Bertz CT molecular complexity index is 166. The minimum absolute atomic E-state index is 0.00273. The SMILES string of the molecule is CN1CCC(N(C)C(=O)Br)CC1. The van der Waals surface area contributed by atoms with Gasteiger partial charge in [0, 0.05) is 29.0 Å². The molecule has 1 fully saturated rings. The third-order valence-corrected chi connectivity index (χ3v) is 3.07. The zero-order valence-electron chi connectivity index (χ0n) is 7.59. The van der Waals surface area contributed by atoms with Crippen LogP contribution in [0.3, 0.4) is 0 Å². The van der Waals surface area contributed by atoms with Crippen LogP contribution in [0, 0.1) is 0 Å². The summed E-state index contributed by atoms with van der Waals surface area (Å²) < 4.78 is 0. The van der Waals surface area contributed by atoms with Crippen LogP contribution in [0.5, 0.6) is 0 Å². The molecule has 0 unspecified atom stereocenters. The highest BCUT2D eigenvalue weighted by molar-refractivity contribution is 9.18. The van der Waals surface area contributed by atoms with E-state index in [0.717, 1.165) is 25.9 Å². The number of carbonyl (C=O) groups excluding carboxylic acids is 1. The normalized spacial score (nSPS) is 20.9. The summed E-state index contributed by atoms with van der Waals surface area (Å²) in [4.78, 5) is 15.0. The topological polar surface area (TPSA) is 23.6 Å². The van der Waals surface area contributed by atoms with E-state index in [1.54, 1.807) is 4.90 Å². The van der Waals surface area contributed by atoms with Crippen LogP contribution in [0.25, 0.3) is 0 Å². The first-order chi connectivity index (χ1) is 5.61. The first-order valence-electron chi connectivity index (χ1n) is 4.22. The predicted molar refractivity (Wildman–Crippen MR) is 52.6 cm³/mol. The van der Waals surface area contributed by atoms with E-state index in [9.17, 15) is 4.79 Å². The van der Waals surface area contributed by atoms with Gasteiger partial charge in [-0.25, -0.2) is 0 Å². The smallest absolute Gasteiger partial charge is 0.289 e. The Labute approximate surface area is 81.8 Å². The molecule has 0 radical (unpaired) electrons. The van der Waals surface area contributed by atoms with E-state index in [0.29, 0.717) is 6.04 Å². The fourth-order valence-electron chi connectivity index (χ4n) is 1.53. The summed E-state index contributed by atoms with van der Waals surface area (Å²) >= 11 is 2.96. The quantitative estimate of drug-likeness (QED) is 0.508. The molecule has 1 aliphatic rings. The van der Waals surface area contributed by atoms with Crippen LogP contribution in [0.1, 0.15) is 12.8 Å². The van der Waals surface area contributed by atoms with Crippen molar-refractivity contribution in [1.29, 1.82) is 0 Å². The Kier molecular flexibility index (Phi) is 3.53. The first-order valence-corrected chi connectivity index (χ1v) is 5.01. The van der Waals surface area contributed by atoms with Crippen molar-refractivity contribution in [1.82, 2.24) is 9.80 Å². The predicted octanol–water partition coefficient (Wildman–Crippen LogP) is 1.53. The average molecular weight is 235 g/mol. The zero-order valence-corrected chi connectivity index (χ0v) is 9.17. The van der Waals surface area contributed by atoms with Gasteiger partial charge in [-0.05, 0) is 33.0 Å². The van der Waals surface area contributed by atoms with Crippen molar-refractivity contribution in [3.05, 3.63) is 0 Å². The van der Waals surface area contributed by atoms with Crippen LogP contribution < -0.4 is 0 Å². The summed E-state index contributed by atoms with van der Waals surface area (Å²) in [5, 5.41) is 0. The molecular weight excluding hydrogens is 220 g/mol. The summed E-state index contributed by atoms with van der Waals surface area (Å²) in [5.74, 6) is 0. The second-order valence-corrected chi connectivity index (χ2v) is 4.08. The van der Waals surface area contributed by atoms with Crippen LogP contribution in [-0.2, 0) is 0 Å². The van der Waals surface area contributed by atoms with Gasteiger partial charge in [-0.2, -0.15) is 0 Å². The summed E-state index contributed by atoms with van der Waals surface area (Å²) in [5.41, 5.74) is 0. The zero-order chi connectivity index (χ0) is 9.14. The molecule has 0 aromatic rings. The van der Waals surface area contributed by atoms with Crippen molar-refractivity contribution < 1.29 is 4.79 Å². The van der Waals surface area contributed by atoms with E-state index in [-0.39, 0.29) is 4.82 Å². The monoisotopic (exact) mass is 234 g/mol. The Balaban J connectivity index is 2.39. The van der Waals surface area contributed by atoms with Gasteiger partial charge in [-0.15, -0.1) is 0 Å². The lowest BCUT2D eigenvalue weighted by Gasteiger charge is -2.33. The molecule has 70 valence electrons. The number of nitrogens with zero attached hydrogens (tertiary/aromatic N) is 2. The van der Waals surface area contributed by atoms with Gasteiger partial charge in [0.2, 0.25) is 0 Å². The van der Waals surface area contributed by atoms with Crippen molar-refractivity contribution in [2.45, 2.75) is 18.9 Å². The second kappa shape index (κ2) is 4.23. The molecule has 0 atom stereocenters. The van der Waals surface area contributed by atoms with Gasteiger partial charge in [0.05, 0.1) is 0 Å². The minimum Gasteiger partial charge on any atom is -0.333 e.